The molecule has 26 heavy (non-hydrogen) atoms. The number of nitrogens with zero attached hydrogens (tertiary/aromatic N) is 3. The van der Waals surface area contributed by atoms with Crippen molar-refractivity contribution in [2.45, 2.75) is 13.1 Å². The molecule has 12 heteroatoms. The zero-order valence-corrected chi connectivity index (χ0v) is 15.0. The van der Waals surface area contributed by atoms with E-state index in [4.69, 9.17) is 4.74 Å². The van der Waals surface area contributed by atoms with Gasteiger partial charge in [-0.1, -0.05) is 0 Å². The summed E-state index contributed by atoms with van der Waals surface area (Å²) in [6, 6.07) is 3.74. The number of benzene rings is 1. The van der Waals surface area contributed by atoms with Crippen LogP contribution < -0.4 is 10.1 Å². The second-order valence-electron chi connectivity index (χ2n) is 4.96. The number of nitro groups is 1. The second kappa shape index (κ2) is 7.32. The first kappa shape index (κ1) is 19.7. The van der Waals surface area contributed by atoms with Crippen LogP contribution in [-0.2, 0) is 13.2 Å². The molecular formula is C14H12BrF3N4O4. The Morgan fingerprint density at radius 1 is 1.46 bits per heavy atom. The van der Waals surface area contributed by atoms with Crippen LogP contribution in [0.5, 0.6) is 5.75 Å². The maximum absolute atomic E-state index is 12.9. The van der Waals surface area contributed by atoms with E-state index in [1.54, 1.807) is 6.92 Å². The van der Waals surface area contributed by atoms with Crippen LogP contribution in [0.4, 0.5) is 24.5 Å². The molecule has 140 valence electrons. The maximum Gasteiger partial charge on any atom is 0.436 e. The number of halogens is 4. The fourth-order valence-corrected chi connectivity index (χ4v) is 2.87. The van der Waals surface area contributed by atoms with E-state index in [0.29, 0.717) is 0 Å². The minimum atomic E-state index is -4.76. The monoisotopic (exact) mass is 436 g/mol. The van der Waals surface area contributed by atoms with E-state index in [-0.39, 0.29) is 18.0 Å². The van der Waals surface area contributed by atoms with E-state index >= 15 is 0 Å². The number of carbonyl (C=O) groups is 1. The van der Waals surface area contributed by atoms with Crippen LogP contribution in [-0.4, -0.2) is 27.2 Å². The minimum absolute atomic E-state index is 0.190. The molecular weight excluding hydrogens is 425 g/mol. The minimum Gasteiger partial charge on any atom is -0.494 e. The van der Waals surface area contributed by atoms with Gasteiger partial charge in [-0.2, -0.15) is 18.3 Å². The standard InChI is InChI=1S/C14H12BrF3N4O4/c1-3-26-7-4-5-8(9(6-7)22(24)25)19-13(23)11-10(15)12(14(16,17)18)20-21(11)2/h4-6H,3H2,1-2H3,(H,19,23). The van der Waals surface area contributed by atoms with Crippen molar-refractivity contribution in [3.05, 3.63) is 44.2 Å². The number of alkyl halides is 3. The van der Waals surface area contributed by atoms with Crippen molar-refractivity contribution in [2.75, 3.05) is 11.9 Å². The van der Waals surface area contributed by atoms with Gasteiger partial charge in [0.25, 0.3) is 11.6 Å². The van der Waals surface area contributed by atoms with E-state index in [9.17, 15) is 28.1 Å². The Hall–Kier alpha value is -2.63. The number of ether oxygens (including phenoxy) is 1. The van der Waals surface area contributed by atoms with Crippen LogP contribution in [0.25, 0.3) is 0 Å². The molecule has 1 amide bonds. The van der Waals surface area contributed by atoms with Gasteiger partial charge in [0.2, 0.25) is 0 Å². The van der Waals surface area contributed by atoms with E-state index in [1.165, 1.54) is 12.1 Å². The third-order valence-corrected chi connectivity index (χ3v) is 3.95. The number of nitrogens with one attached hydrogen (secondary N) is 1. The van der Waals surface area contributed by atoms with Gasteiger partial charge in [-0.15, -0.1) is 0 Å². The normalized spacial score (nSPS) is 11.3. The molecule has 1 aromatic heterocycles. The molecule has 1 N–H and O–H groups in total. The molecule has 2 aromatic rings. The van der Waals surface area contributed by atoms with E-state index in [0.717, 1.165) is 17.8 Å². The fourth-order valence-electron chi connectivity index (χ4n) is 2.13. The van der Waals surface area contributed by atoms with Crippen molar-refractivity contribution in [2.24, 2.45) is 7.05 Å². The summed E-state index contributed by atoms with van der Waals surface area (Å²) in [5, 5.41) is 16.7. The SMILES string of the molecule is CCOc1ccc(NC(=O)c2c(Br)c(C(F)(F)F)nn2C)c([N+](=O)[O-])c1. The summed E-state index contributed by atoms with van der Waals surface area (Å²) in [4.78, 5) is 22.8. The lowest BCUT2D eigenvalue weighted by Crippen LogP contribution is -2.17. The van der Waals surface area contributed by atoms with Crippen molar-refractivity contribution in [3.63, 3.8) is 0 Å². The molecule has 1 heterocycles. The number of nitro benzene ring substituents is 1. The number of aromatic nitrogens is 2. The van der Waals surface area contributed by atoms with Crippen LogP contribution in [0.15, 0.2) is 22.7 Å². The van der Waals surface area contributed by atoms with Gasteiger partial charge in [0.05, 0.1) is 22.1 Å². The van der Waals surface area contributed by atoms with Crippen LogP contribution in [0.1, 0.15) is 23.1 Å². The van der Waals surface area contributed by atoms with Gasteiger partial charge in [0, 0.05) is 7.05 Å². The number of carbonyl (C=O) groups excluding carboxylic acids is 1. The molecule has 0 aliphatic carbocycles. The van der Waals surface area contributed by atoms with E-state index < -0.39 is 38.6 Å². The third-order valence-electron chi connectivity index (χ3n) is 3.20. The summed E-state index contributed by atoms with van der Waals surface area (Å²) < 4.78 is 44.0. The maximum atomic E-state index is 12.9. The van der Waals surface area contributed by atoms with Crippen LogP contribution in [0.3, 0.4) is 0 Å². The molecule has 0 saturated heterocycles. The van der Waals surface area contributed by atoms with Crippen molar-refractivity contribution < 1.29 is 27.6 Å². The predicted octanol–water partition coefficient (Wildman–Crippen LogP) is 3.76. The summed E-state index contributed by atoms with van der Waals surface area (Å²) in [5.41, 5.74) is -2.35. The van der Waals surface area contributed by atoms with Gasteiger partial charge >= 0.3 is 6.18 Å². The topological polar surface area (TPSA) is 99.3 Å². The summed E-state index contributed by atoms with van der Waals surface area (Å²) in [6.07, 6.45) is -4.76. The summed E-state index contributed by atoms with van der Waals surface area (Å²) in [7, 11) is 1.15. The highest BCUT2D eigenvalue weighted by Gasteiger charge is 2.39. The largest absolute Gasteiger partial charge is 0.494 e. The molecule has 0 atom stereocenters. The molecule has 0 spiro atoms. The molecule has 1 aromatic carbocycles. The molecule has 0 fully saturated rings. The van der Waals surface area contributed by atoms with Gasteiger partial charge in [-0.05, 0) is 35.0 Å². The zero-order valence-electron chi connectivity index (χ0n) is 13.4. The van der Waals surface area contributed by atoms with Gasteiger partial charge < -0.3 is 10.1 Å². The number of aryl methyl sites for hydroxylation is 1. The lowest BCUT2D eigenvalue weighted by molar-refractivity contribution is -0.384. The first-order valence-corrected chi connectivity index (χ1v) is 7.87. The Morgan fingerprint density at radius 3 is 2.62 bits per heavy atom. The zero-order chi connectivity index (χ0) is 19.6. The fraction of sp³-hybridized carbons (Fsp3) is 0.286. The van der Waals surface area contributed by atoms with E-state index in [2.05, 4.69) is 26.3 Å². The van der Waals surface area contributed by atoms with Crippen molar-refractivity contribution in [1.82, 2.24) is 9.78 Å². The Kier molecular flexibility index (Phi) is 5.54. The van der Waals surface area contributed by atoms with Gasteiger partial charge in [0.1, 0.15) is 17.1 Å². The Bertz CT molecular complexity index is 867. The lowest BCUT2D eigenvalue weighted by Gasteiger charge is -2.09. The molecule has 2 rings (SSSR count). The summed E-state index contributed by atoms with van der Waals surface area (Å²) >= 11 is 2.71. The predicted molar refractivity (Wildman–Crippen MR) is 88.1 cm³/mol. The highest BCUT2D eigenvalue weighted by molar-refractivity contribution is 9.10. The highest BCUT2D eigenvalue weighted by atomic mass is 79.9. The Balaban J connectivity index is 2.39. The number of hydrogen-bond donors (Lipinski definition) is 1. The van der Waals surface area contributed by atoms with Crippen molar-refractivity contribution >= 4 is 33.2 Å². The molecule has 0 aliphatic rings. The van der Waals surface area contributed by atoms with Crippen LogP contribution >= 0.6 is 15.9 Å². The Labute approximate surface area is 153 Å². The quantitative estimate of drug-likeness (QED) is 0.568. The average molecular weight is 437 g/mol. The molecule has 0 aliphatic heterocycles. The summed E-state index contributed by atoms with van der Waals surface area (Å²) in [6.45, 7) is 1.98. The van der Waals surface area contributed by atoms with Crippen molar-refractivity contribution in [3.8, 4) is 5.75 Å². The molecule has 0 radical (unpaired) electrons. The number of hydrogen-bond acceptors (Lipinski definition) is 5. The van der Waals surface area contributed by atoms with Gasteiger partial charge in [-0.25, -0.2) is 0 Å². The molecule has 0 unspecified atom stereocenters. The molecule has 0 bridgehead atoms. The summed E-state index contributed by atoms with van der Waals surface area (Å²) in [5.74, 6) is -0.770. The van der Waals surface area contributed by atoms with Gasteiger partial charge in [-0.3, -0.25) is 19.6 Å². The van der Waals surface area contributed by atoms with Gasteiger partial charge in [0.15, 0.2) is 5.69 Å². The average Bonchev–Trinajstić information content (AvgIpc) is 2.83. The molecule has 8 nitrogen and oxygen atoms in total. The van der Waals surface area contributed by atoms with E-state index in [1.807, 2.05) is 0 Å². The number of rotatable bonds is 5. The van der Waals surface area contributed by atoms with Crippen LogP contribution in [0.2, 0.25) is 0 Å². The molecule has 0 saturated carbocycles. The second-order valence-corrected chi connectivity index (χ2v) is 5.75. The first-order chi connectivity index (χ1) is 12.1. The lowest BCUT2D eigenvalue weighted by atomic mass is 10.2. The van der Waals surface area contributed by atoms with Crippen LogP contribution in [0, 0.1) is 10.1 Å². The number of amides is 1. The highest BCUT2D eigenvalue weighted by Crippen LogP contribution is 2.36. The smallest absolute Gasteiger partial charge is 0.436 e. The number of anilines is 1. The van der Waals surface area contributed by atoms with Crippen molar-refractivity contribution in [1.29, 1.82) is 0 Å². The first-order valence-electron chi connectivity index (χ1n) is 7.08. The third kappa shape index (κ3) is 3.95. The Morgan fingerprint density at radius 2 is 2.12 bits per heavy atom.